The zero-order valence-corrected chi connectivity index (χ0v) is 12.2. The fourth-order valence-electron chi connectivity index (χ4n) is 2.06. The van der Waals surface area contributed by atoms with Crippen molar-refractivity contribution in [3.05, 3.63) is 77.6 Å². The number of carbonyl (C=O) groups is 2. The van der Waals surface area contributed by atoms with Crippen molar-refractivity contribution < 1.29 is 19.4 Å². The molecule has 0 fully saturated rings. The van der Waals surface area contributed by atoms with Crippen LogP contribution < -0.4 is 4.74 Å². The molecule has 2 aromatic rings. The number of aliphatic hydroxyl groups is 1. The van der Waals surface area contributed by atoms with Crippen LogP contribution in [0.15, 0.2) is 60.9 Å². The highest BCUT2D eigenvalue weighted by atomic mass is 16.5. The number of ketones is 1. The molecule has 2 aromatic carbocycles. The Morgan fingerprint density at radius 1 is 1.14 bits per heavy atom. The summed E-state index contributed by atoms with van der Waals surface area (Å²) < 4.78 is 4.96. The predicted molar refractivity (Wildman–Crippen MR) is 83.1 cm³/mol. The summed E-state index contributed by atoms with van der Waals surface area (Å²) in [6, 6.07) is 13.7. The van der Waals surface area contributed by atoms with E-state index < -0.39 is 11.7 Å². The molecular formula is C18H16O4. The van der Waals surface area contributed by atoms with Crippen LogP contribution in [-0.4, -0.2) is 16.9 Å². The average molecular weight is 296 g/mol. The minimum atomic E-state index is -0.913. The van der Waals surface area contributed by atoms with E-state index in [4.69, 9.17) is 9.84 Å². The molecule has 0 atom stereocenters. The summed E-state index contributed by atoms with van der Waals surface area (Å²) in [6.45, 7) is 5.02. The van der Waals surface area contributed by atoms with Crippen LogP contribution in [0.2, 0.25) is 0 Å². The Labute approximate surface area is 128 Å². The van der Waals surface area contributed by atoms with Crippen LogP contribution >= 0.6 is 0 Å². The number of esters is 1. The molecule has 2 rings (SSSR count). The molecule has 0 unspecified atom stereocenters. The van der Waals surface area contributed by atoms with Crippen molar-refractivity contribution >= 4 is 11.8 Å². The van der Waals surface area contributed by atoms with E-state index >= 15 is 0 Å². The molecule has 0 saturated carbocycles. The quantitative estimate of drug-likeness (QED) is 0.302. The van der Waals surface area contributed by atoms with Crippen molar-refractivity contribution in [3.8, 4) is 5.75 Å². The van der Waals surface area contributed by atoms with Crippen molar-refractivity contribution in [2.24, 2.45) is 0 Å². The van der Waals surface area contributed by atoms with Crippen LogP contribution in [0.5, 0.6) is 5.75 Å². The molecule has 0 saturated heterocycles. The van der Waals surface area contributed by atoms with E-state index in [9.17, 15) is 9.59 Å². The van der Waals surface area contributed by atoms with Crippen LogP contribution in [0.3, 0.4) is 0 Å². The van der Waals surface area contributed by atoms with Crippen LogP contribution in [0, 0.1) is 0 Å². The van der Waals surface area contributed by atoms with E-state index in [1.807, 2.05) is 25.1 Å². The smallest absolute Gasteiger partial charge is 0.378 e. The summed E-state index contributed by atoms with van der Waals surface area (Å²) in [5.74, 6) is -1.39. The van der Waals surface area contributed by atoms with Gasteiger partial charge in [-0.05, 0) is 36.8 Å². The van der Waals surface area contributed by atoms with E-state index in [0.717, 1.165) is 5.56 Å². The van der Waals surface area contributed by atoms with E-state index in [2.05, 4.69) is 6.58 Å². The molecule has 1 N–H and O–H groups in total. The molecule has 0 spiro atoms. The number of aryl methyl sites for hydroxylation is 1. The number of carbonyl (C=O) groups excluding carboxylic acids is 2. The maximum atomic E-state index is 12.5. The van der Waals surface area contributed by atoms with Gasteiger partial charge < -0.3 is 9.84 Å². The van der Waals surface area contributed by atoms with Gasteiger partial charge in [-0.25, -0.2) is 4.79 Å². The number of rotatable bonds is 5. The standard InChI is InChI=1S/C18H16O4/c1-3-13-11-15(22-18(21)12(2)19)9-10-16(13)17(20)14-7-5-4-6-8-14/h4-11,19H,2-3H2,1H3. The molecule has 0 heterocycles. The maximum absolute atomic E-state index is 12.5. The van der Waals surface area contributed by atoms with Gasteiger partial charge in [-0.3, -0.25) is 4.79 Å². The molecule has 4 nitrogen and oxygen atoms in total. The topological polar surface area (TPSA) is 63.6 Å². The highest BCUT2D eigenvalue weighted by Crippen LogP contribution is 2.22. The third-order valence-electron chi connectivity index (χ3n) is 3.18. The second-order valence-corrected chi connectivity index (χ2v) is 4.70. The highest BCUT2D eigenvalue weighted by molar-refractivity contribution is 6.10. The molecule has 0 aliphatic carbocycles. The Hall–Kier alpha value is -2.88. The van der Waals surface area contributed by atoms with Gasteiger partial charge in [0.05, 0.1) is 0 Å². The van der Waals surface area contributed by atoms with Gasteiger partial charge in [0.15, 0.2) is 11.5 Å². The average Bonchev–Trinajstić information content (AvgIpc) is 2.54. The zero-order chi connectivity index (χ0) is 16.1. The summed E-state index contributed by atoms with van der Waals surface area (Å²) in [7, 11) is 0. The van der Waals surface area contributed by atoms with Gasteiger partial charge in [-0.15, -0.1) is 0 Å². The zero-order valence-electron chi connectivity index (χ0n) is 12.2. The lowest BCUT2D eigenvalue weighted by molar-refractivity contribution is -0.132. The number of aliphatic hydroxyl groups excluding tert-OH is 1. The van der Waals surface area contributed by atoms with Crippen molar-refractivity contribution in [2.75, 3.05) is 0 Å². The summed E-state index contributed by atoms with van der Waals surface area (Å²) in [6.07, 6.45) is 0.610. The van der Waals surface area contributed by atoms with Gasteiger partial charge in [0.1, 0.15) is 5.75 Å². The lowest BCUT2D eigenvalue weighted by atomic mass is 9.97. The number of hydrogen-bond donors (Lipinski definition) is 1. The van der Waals surface area contributed by atoms with Gasteiger partial charge in [0, 0.05) is 11.1 Å². The molecular weight excluding hydrogens is 280 g/mol. The fraction of sp³-hybridized carbons (Fsp3) is 0.111. The third kappa shape index (κ3) is 3.41. The first-order chi connectivity index (χ1) is 10.5. The first-order valence-corrected chi connectivity index (χ1v) is 6.85. The molecule has 0 aliphatic heterocycles. The second kappa shape index (κ2) is 6.72. The predicted octanol–water partition coefficient (Wildman–Crippen LogP) is 3.46. The van der Waals surface area contributed by atoms with Crippen molar-refractivity contribution in [1.29, 1.82) is 0 Å². The summed E-state index contributed by atoms with van der Waals surface area (Å²) in [4.78, 5) is 23.8. The number of ether oxygens (including phenoxy) is 1. The van der Waals surface area contributed by atoms with Crippen molar-refractivity contribution in [2.45, 2.75) is 13.3 Å². The Balaban J connectivity index is 2.32. The minimum Gasteiger partial charge on any atom is -0.502 e. The lowest BCUT2D eigenvalue weighted by Crippen LogP contribution is -2.11. The Kier molecular flexibility index (Phi) is 4.73. The lowest BCUT2D eigenvalue weighted by Gasteiger charge is -2.10. The van der Waals surface area contributed by atoms with Gasteiger partial charge in [0.25, 0.3) is 0 Å². The molecule has 112 valence electrons. The Bertz CT molecular complexity index is 717. The molecule has 4 heteroatoms. The van der Waals surface area contributed by atoms with E-state index in [1.165, 1.54) is 6.07 Å². The highest BCUT2D eigenvalue weighted by Gasteiger charge is 2.15. The maximum Gasteiger partial charge on any atom is 0.378 e. The van der Waals surface area contributed by atoms with Crippen LogP contribution in [0.25, 0.3) is 0 Å². The summed E-state index contributed by atoms with van der Waals surface area (Å²) in [5.41, 5.74) is 1.93. The normalized spacial score (nSPS) is 10.0. The summed E-state index contributed by atoms with van der Waals surface area (Å²) in [5, 5.41) is 8.98. The van der Waals surface area contributed by atoms with Crippen molar-refractivity contribution in [1.82, 2.24) is 0 Å². The molecule has 0 aromatic heterocycles. The molecule has 0 radical (unpaired) electrons. The molecule has 22 heavy (non-hydrogen) atoms. The Morgan fingerprint density at radius 3 is 2.41 bits per heavy atom. The van der Waals surface area contributed by atoms with Gasteiger partial charge in [-0.2, -0.15) is 0 Å². The van der Waals surface area contributed by atoms with Crippen LogP contribution in [0.1, 0.15) is 28.4 Å². The molecule has 0 amide bonds. The minimum absolute atomic E-state index is 0.0816. The molecule has 0 bridgehead atoms. The summed E-state index contributed by atoms with van der Waals surface area (Å²) >= 11 is 0. The van der Waals surface area contributed by atoms with E-state index in [0.29, 0.717) is 17.5 Å². The first-order valence-electron chi connectivity index (χ1n) is 6.85. The number of benzene rings is 2. The van der Waals surface area contributed by atoms with Gasteiger partial charge in [0.2, 0.25) is 0 Å². The SMILES string of the molecule is C=C(O)C(=O)Oc1ccc(C(=O)c2ccccc2)c(CC)c1. The van der Waals surface area contributed by atoms with Crippen LogP contribution in [0.4, 0.5) is 0 Å². The molecule has 0 aliphatic rings. The monoisotopic (exact) mass is 296 g/mol. The second-order valence-electron chi connectivity index (χ2n) is 4.70. The van der Waals surface area contributed by atoms with E-state index in [1.54, 1.807) is 24.3 Å². The van der Waals surface area contributed by atoms with Crippen molar-refractivity contribution in [3.63, 3.8) is 0 Å². The van der Waals surface area contributed by atoms with Gasteiger partial charge >= 0.3 is 5.97 Å². The van der Waals surface area contributed by atoms with Gasteiger partial charge in [-0.1, -0.05) is 37.3 Å². The Morgan fingerprint density at radius 2 is 1.82 bits per heavy atom. The third-order valence-corrected chi connectivity index (χ3v) is 3.18. The largest absolute Gasteiger partial charge is 0.502 e. The van der Waals surface area contributed by atoms with E-state index in [-0.39, 0.29) is 11.5 Å². The van der Waals surface area contributed by atoms with Crippen LogP contribution in [-0.2, 0) is 11.2 Å². The fourth-order valence-corrected chi connectivity index (χ4v) is 2.06. The number of hydrogen-bond acceptors (Lipinski definition) is 4. The first kappa shape index (κ1) is 15.5.